The molecule has 1 atom stereocenters. The van der Waals surface area contributed by atoms with E-state index in [2.05, 4.69) is 5.32 Å². The van der Waals surface area contributed by atoms with E-state index in [0.29, 0.717) is 6.42 Å². The summed E-state index contributed by atoms with van der Waals surface area (Å²) in [4.78, 5) is 10.8. The number of hydrogen-bond acceptors (Lipinski definition) is 2. The fourth-order valence-electron chi connectivity index (χ4n) is 1.49. The van der Waals surface area contributed by atoms with E-state index in [9.17, 15) is 23.1 Å². The summed E-state index contributed by atoms with van der Waals surface area (Å²) in [6, 6.07) is 0. The van der Waals surface area contributed by atoms with Crippen LogP contribution in [0.2, 0.25) is 0 Å². The lowest BCUT2D eigenvalue weighted by molar-refractivity contribution is -0.154. The van der Waals surface area contributed by atoms with Crippen LogP contribution in [0.1, 0.15) is 33.6 Å². The van der Waals surface area contributed by atoms with Crippen molar-refractivity contribution >= 4 is 5.91 Å². The summed E-state index contributed by atoms with van der Waals surface area (Å²) in [5.74, 6) is -0.911. The standard InChI is InChI=1S/C10H18F3NO2/c1-7(2)4-9(3,16)6-14-8(15)5-10(11,12)13/h7,16H,4-6H2,1-3H3,(H,14,15). The average Bonchev–Trinajstić information content (AvgIpc) is 1.95. The molecule has 0 heterocycles. The van der Waals surface area contributed by atoms with Crippen molar-refractivity contribution in [3.63, 3.8) is 0 Å². The quantitative estimate of drug-likeness (QED) is 0.771. The summed E-state index contributed by atoms with van der Waals surface area (Å²) in [7, 11) is 0. The van der Waals surface area contributed by atoms with Gasteiger partial charge >= 0.3 is 6.18 Å². The van der Waals surface area contributed by atoms with Crippen LogP contribution >= 0.6 is 0 Å². The van der Waals surface area contributed by atoms with E-state index in [1.54, 1.807) is 0 Å². The van der Waals surface area contributed by atoms with Gasteiger partial charge in [-0.05, 0) is 19.3 Å². The Kier molecular flexibility index (Phi) is 5.25. The van der Waals surface area contributed by atoms with E-state index in [1.165, 1.54) is 6.92 Å². The molecule has 96 valence electrons. The Bertz CT molecular complexity index is 237. The topological polar surface area (TPSA) is 49.3 Å². The zero-order chi connectivity index (χ0) is 13.0. The van der Waals surface area contributed by atoms with E-state index in [4.69, 9.17) is 0 Å². The second-order valence-electron chi connectivity index (χ2n) is 4.66. The van der Waals surface area contributed by atoms with Gasteiger partial charge in [-0.2, -0.15) is 13.2 Å². The van der Waals surface area contributed by atoms with Crippen molar-refractivity contribution in [2.24, 2.45) is 5.92 Å². The van der Waals surface area contributed by atoms with Crippen LogP contribution in [0.25, 0.3) is 0 Å². The first kappa shape index (κ1) is 15.2. The van der Waals surface area contributed by atoms with Crippen molar-refractivity contribution in [2.45, 2.75) is 45.4 Å². The Morgan fingerprint density at radius 2 is 1.88 bits per heavy atom. The van der Waals surface area contributed by atoms with Crippen LogP contribution in [0.15, 0.2) is 0 Å². The van der Waals surface area contributed by atoms with Gasteiger partial charge in [-0.3, -0.25) is 4.79 Å². The monoisotopic (exact) mass is 241 g/mol. The Morgan fingerprint density at radius 3 is 2.25 bits per heavy atom. The maximum absolute atomic E-state index is 11.8. The zero-order valence-corrected chi connectivity index (χ0v) is 9.69. The van der Waals surface area contributed by atoms with Gasteiger partial charge in [0, 0.05) is 6.54 Å². The van der Waals surface area contributed by atoms with Gasteiger partial charge in [0.2, 0.25) is 5.91 Å². The Labute approximate surface area is 93.0 Å². The predicted molar refractivity (Wildman–Crippen MR) is 53.8 cm³/mol. The maximum atomic E-state index is 11.8. The molecule has 0 saturated carbocycles. The second-order valence-corrected chi connectivity index (χ2v) is 4.66. The smallest absolute Gasteiger partial charge is 0.388 e. The van der Waals surface area contributed by atoms with Crippen LogP contribution in [0.4, 0.5) is 13.2 Å². The highest BCUT2D eigenvalue weighted by Gasteiger charge is 2.32. The molecule has 0 aromatic heterocycles. The number of carbonyl (C=O) groups excluding carboxylic acids is 1. The third-order valence-corrected chi connectivity index (χ3v) is 1.88. The Balaban J connectivity index is 4.00. The molecule has 0 aliphatic heterocycles. The molecule has 0 saturated heterocycles. The lowest BCUT2D eigenvalue weighted by Crippen LogP contribution is -2.42. The number of nitrogens with one attached hydrogen (secondary N) is 1. The molecule has 1 amide bonds. The molecule has 0 fully saturated rings. The van der Waals surface area contributed by atoms with Crippen molar-refractivity contribution in [1.82, 2.24) is 5.32 Å². The van der Waals surface area contributed by atoms with E-state index in [1.807, 2.05) is 13.8 Å². The van der Waals surface area contributed by atoms with Crippen molar-refractivity contribution in [2.75, 3.05) is 6.54 Å². The van der Waals surface area contributed by atoms with E-state index in [-0.39, 0.29) is 12.5 Å². The fraction of sp³-hybridized carbons (Fsp3) is 0.900. The van der Waals surface area contributed by atoms with Crippen LogP contribution in [-0.4, -0.2) is 29.3 Å². The van der Waals surface area contributed by atoms with Crippen LogP contribution in [0.5, 0.6) is 0 Å². The second kappa shape index (κ2) is 5.52. The minimum Gasteiger partial charge on any atom is -0.388 e. The van der Waals surface area contributed by atoms with Gasteiger partial charge in [-0.25, -0.2) is 0 Å². The molecular weight excluding hydrogens is 223 g/mol. The number of aliphatic hydroxyl groups is 1. The van der Waals surface area contributed by atoms with Crippen LogP contribution in [0.3, 0.4) is 0 Å². The number of alkyl halides is 3. The molecule has 0 radical (unpaired) electrons. The molecule has 0 aromatic rings. The SMILES string of the molecule is CC(C)CC(C)(O)CNC(=O)CC(F)(F)F. The Morgan fingerprint density at radius 1 is 1.38 bits per heavy atom. The molecule has 2 N–H and O–H groups in total. The van der Waals surface area contributed by atoms with Crippen molar-refractivity contribution in [3.05, 3.63) is 0 Å². The normalized spacial score (nSPS) is 16.0. The van der Waals surface area contributed by atoms with E-state index < -0.39 is 24.1 Å². The third kappa shape index (κ3) is 8.52. The van der Waals surface area contributed by atoms with Gasteiger partial charge in [0.15, 0.2) is 0 Å². The first-order valence-corrected chi connectivity index (χ1v) is 5.08. The number of amides is 1. The van der Waals surface area contributed by atoms with Gasteiger partial charge in [-0.1, -0.05) is 13.8 Å². The number of rotatable bonds is 5. The van der Waals surface area contributed by atoms with E-state index in [0.717, 1.165) is 0 Å². The van der Waals surface area contributed by atoms with Gasteiger partial charge in [0.25, 0.3) is 0 Å². The summed E-state index contributed by atoms with van der Waals surface area (Å²) < 4.78 is 35.4. The molecule has 0 rings (SSSR count). The van der Waals surface area contributed by atoms with Gasteiger partial charge in [-0.15, -0.1) is 0 Å². The fourth-order valence-corrected chi connectivity index (χ4v) is 1.49. The molecule has 0 aromatic carbocycles. The zero-order valence-electron chi connectivity index (χ0n) is 9.69. The minimum atomic E-state index is -4.51. The van der Waals surface area contributed by atoms with Gasteiger partial charge < -0.3 is 10.4 Å². The largest absolute Gasteiger partial charge is 0.397 e. The molecule has 16 heavy (non-hydrogen) atoms. The minimum absolute atomic E-state index is 0.167. The first-order chi connectivity index (χ1) is 7.02. The number of halogens is 3. The highest BCUT2D eigenvalue weighted by atomic mass is 19.4. The molecule has 3 nitrogen and oxygen atoms in total. The molecule has 6 heteroatoms. The molecule has 0 aliphatic rings. The lowest BCUT2D eigenvalue weighted by atomic mass is 9.94. The van der Waals surface area contributed by atoms with Crippen molar-refractivity contribution in [3.8, 4) is 0 Å². The van der Waals surface area contributed by atoms with Crippen LogP contribution in [0, 0.1) is 5.92 Å². The molecule has 0 bridgehead atoms. The summed E-state index contributed by atoms with van der Waals surface area (Å²) in [6.07, 6.45) is -5.60. The highest BCUT2D eigenvalue weighted by molar-refractivity contribution is 5.76. The summed E-state index contributed by atoms with van der Waals surface area (Å²) in [5, 5.41) is 11.8. The summed E-state index contributed by atoms with van der Waals surface area (Å²) in [6.45, 7) is 5.08. The molecule has 1 unspecified atom stereocenters. The predicted octanol–water partition coefficient (Wildman–Crippen LogP) is 1.85. The lowest BCUT2D eigenvalue weighted by Gasteiger charge is -2.25. The average molecular weight is 241 g/mol. The number of carbonyl (C=O) groups is 1. The molecule has 0 spiro atoms. The first-order valence-electron chi connectivity index (χ1n) is 5.08. The van der Waals surface area contributed by atoms with E-state index >= 15 is 0 Å². The Hall–Kier alpha value is -0.780. The van der Waals surface area contributed by atoms with Crippen LogP contribution < -0.4 is 5.32 Å². The molecule has 0 aliphatic carbocycles. The maximum Gasteiger partial charge on any atom is 0.397 e. The summed E-state index contributed by atoms with van der Waals surface area (Å²) >= 11 is 0. The van der Waals surface area contributed by atoms with Crippen molar-refractivity contribution < 1.29 is 23.1 Å². The third-order valence-electron chi connectivity index (χ3n) is 1.88. The van der Waals surface area contributed by atoms with Gasteiger partial charge in [0.1, 0.15) is 6.42 Å². The van der Waals surface area contributed by atoms with Crippen molar-refractivity contribution in [1.29, 1.82) is 0 Å². The highest BCUT2D eigenvalue weighted by Crippen LogP contribution is 2.19. The van der Waals surface area contributed by atoms with Gasteiger partial charge in [0.05, 0.1) is 5.60 Å². The number of hydrogen-bond donors (Lipinski definition) is 2. The molecular formula is C10H18F3NO2. The van der Waals surface area contributed by atoms with Crippen LogP contribution in [-0.2, 0) is 4.79 Å². The summed E-state index contributed by atoms with van der Waals surface area (Å²) in [5.41, 5.74) is -1.17.